The normalized spacial score (nSPS) is 14.8. The first-order chi connectivity index (χ1) is 6.25. The zero-order valence-corrected chi connectivity index (χ0v) is 8.17. The van der Waals surface area contributed by atoms with Gasteiger partial charge in [0.15, 0.2) is 0 Å². The maximum atomic E-state index is 2.30. The molecule has 1 aliphatic carbocycles. The molecule has 0 bridgehead atoms. The van der Waals surface area contributed by atoms with Crippen molar-refractivity contribution in [3.8, 4) is 0 Å². The lowest BCUT2D eigenvalue weighted by Crippen LogP contribution is -2.23. The van der Waals surface area contributed by atoms with Crippen molar-refractivity contribution in [2.45, 2.75) is 20.3 Å². The van der Waals surface area contributed by atoms with Gasteiger partial charge in [0.1, 0.15) is 0 Å². The van der Waals surface area contributed by atoms with E-state index in [1.165, 1.54) is 21.6 Å². The Morgan fingerprint density at radius 2 is 1.85 bits per heavy atom. The molecule has 0 N–H and O–H groups in total. The number of fused-ring (bicyclic) bond motifs is 1. The van der Waals surface area contributed by atoms with Gasteiger partial charge in [0.25, 0.3) is 0 Å². The quantitative estimate of drug-likeness (QED) is 0.558. The molecular formula is C13H14. The standard InChI is InChI=1S/C13H14/c1-10-3-6-12-7-5-11(2)9-13(12)8-4-10/h4-9H,3H2,1-2H3. The van der Waals surface area contributed by atoms with Crippen LogP contribution < -0.4 is 10.4 Å². The molecule has 0 spiro atoms. The molecule has 0 aromatic heterocycles. The van der Waals surface area contributed by atoms with Gasteiger partial charge in [-0.15, -0.1) is 0 Å². The molecule has 0 aliphatic heterocycles. The fourth-order valence-electron chi connectivity index (χ4n) is 1.60. The molecule has 0 unspecified atom stereocenters. The topological polar surface area (TPSA) is 0 Å². The van der Waals surface area contributed by atoms with Crippen LogP contribution in [-0.4, -0.2) is 0 Å². The Morgan fingerprint density at radius 3 is 2.69 bits per heavy atom. The van der Waals surface area contributed by atoms with E-state index in [4.69, 9.17) is 0 Å². The lowest BCUT2D eigenvalue weighted by atomic mass is 10.1. The summed E-state index contributed by atoms with van der Waals surface area (Å²) < 4.78 is 0. The van der Waals surface area contributed by atoms with Crippen LogP contribution >= 0.6 is 0 Å². The molecule has 0 heterocycles. The molecule has 0 heteroatoms. The lowest BCUT2D eigenvalue weighted by molar-refractivity contribution is 1.27. The Bertz CT molecular complexity index is 461. The summed E-state index contributed by atoms with van der Waals surface area (Å²) in [6.45, 7) is 4.31. The number of allylic oxidation sites excluding steroid dienone is 2. The molecule has 0 fully saturated rings. The highest BCUT2D eigenvalue weighted by atomic mass is 14.0. The van der Waals surface area contributed by atoms with E-state index in [1.807, 2.05) is 0 Å². The van der Waals surface area contributed by atoms with Gasteiger partial charge in [0.2, 0.25) is 0 Å². The molecule has 2 rings (SSSR count). The van der Waals surface area contributed by atoms with Crippen LogP contribution in [0.1, 0.15) is 18.9 Å². The van der Waals surface area contributed by atoms with Gasteiger partial charge in [-0.2, -0.15) is 0 Å². The third-order valence-corrected chi connectivity index (χ3v) is 2.43. The van der Waals surface area contributed by atoms with E-state index in [0.29, 0.717) is 0 Å². The Morgan fingerprint density at radius 1 is 1.00 bits per heavy atom. The predicted octanol–water partition coefficient (Wildman–Crippen LogP) is 1.91. The summed E-state index contributed by atoms with van der Waals surface area (Å²) in [4.78, 5) is 0. The molecule has 0 saturated carbocycles. The van der Waals surface area contributed by atoms with Gasteiger partial charge >= 0.3 is 0 Å². The average molecular weight is 170 g/mol. The third-order valence-electron chi connectivity index (χ3n) is 2.43. The first-order valence-electron chi connectivity index (χ1n) is 4.70. The largest absolute Gasteiger partial charge is 0.0726 e. The molecule has 0 radical (unpaired) electrons. The summed E-state index contributed by atoms with van der Waals surface area (Å²) in [5, 5.41) is 2.70. The monoisotopic (exact) mass is 170 g/mol. The Balaban J connectivity index is 2.72. The van der Waals surface area contributed by atoms with Gasteiger partial charge in [-0.3, -0.25) is 0 Å². The van der Waals surface area contributed by atoms with Gasteiger partial charge in [-0.25, -0.2) is 0 Å². The van der Waals surface area contributed by atoms with Gasteiger partial charge in [0, 0.05) is 0 Å². The maximum absolute atomic E-state index is 2.30. The van der Waals surface area contributed by atoms with Gasteiger partial charge < -0.3 is 0 Å². The van der Waals surface area contributed by atoms with Crippen LogP contribution in [0.25, 0.3) is 12.2 Å². The molecule has 0 nitrogen and oxygen atoms in total. The van der Waals surface area contributed by atoms with Crippen molar-refractivity contribution in [2.75, 3.05) is 0 Å². The number of rotatable bonds is 0. The van der Waals surface area contributed by atoms with Crippen LogP contribution in [0.2, 0.25) is 0 Å². The van der Waals surface area contributed by atoms with Crippen molar-refractivity contribution in [2.24, 2.45) is 0 Å². The van der Waals surface area contributed by atoms with E-state index in [9.17, 15) is 0 Å². The van der Waals surface area contributed by atoms with Crippen molar-refractivity contribution in [1.29, 1.82) is 0 Å². The summed E-state index contributed by atoms with van der Waals surface area (Å²) in [7, 11) is 0. The molecule has 1 aliphatic rings. The van der Waals surface area contributed by atoms with Crippen molar-refractivity contribution in [1.82, 2.24) is 0 Å². The minimum absolute atomic E-state index is 1.08. The Hall–Kier alpha value is -1.30. The van der Waals surface area contributed by atoms with Gasteiger partial charge in [-0.05, 0) is 30.7 Å². The summed E-state index contributed by atoms with van der Waals surface area (Å²) in [6.07, 6.45) is 7.79. The first kappa shape index (κ1) is 8.31. The molecular weight excluding hydrogens is 156 g/mol. The Labute approximate surface area is 78.9 Å². The molecule has 0 amide bonds. The highest BCUT2D eigenvalue weighted by molar-refractivity contribution is 5.47. The van der Waals surface area contributed by atoms with Crippen LogP contribution in [0.4, 0.5) is 0 Å². The van der Waals surface area contributed by atoms with Crippen LogP contribution in [0.15, 0.2) is 29.8 Å². The summed E-state index contributed by atoms with van der Waals surface area (Å²) in [5.41, 5.74) is 2.75. The van der Waals surface area contributed by atoms with Crippen molar-refractivity contribution in [3.05, 3.63) is 45.8 Å². The molecule has 0 saturated heterocycles. The van der Waals surface area contributed by atoms with E-state index < -0.39 is 0 Å². The lowest BCUT2D eigenvalue weighted by Gasteiger charge is -1.92. The maximum Gasteiger partial charge on any atom is -0.0129 e. The van der Waals surface area contributed by atoms with E-state index in [-0.39, 0.29) is 0 Å². The van der Waals surface area contributed by atoms with Crippen molar-refractivity contribution >= 4 is 12.2 Å². The molecule has 13 heavy (non-hydrogen) atoms. The van der Waals surface area contributed by atoms with Crippen molar-refractivity contribution in [3.63, 3.8) is 0 Å². The summed E-state index contributed by atoms with van der Waals surface area (Å²) in [5.74, 6) is 0. The SMILES string of the molecule is CC1=CC=c2cc(C)ccc2=CC1. The summed E-state index contributed by atoms with van der Waals surface area (Å²) >= 11 is 0. The zero-order chi connectivity index (χ0) is 9.26. The Kier molecular flexibility index (Phi) is 2.05. The van der Waals surface area contributed by atoms with Crippen LogP contribution in [0, 0.1) is 6.92 Å². The minimum atomic E-state index is 1.08. The highest BCUT2D eigenvalue weighted by Crippen LogP contribution is 2.02. The average Bonchev–Trinajstić information content (AvgIpc) is 2.29. The first-order valence-corrected chi connectivity index (χ1v) is 4.70. The van der Waals surface area contributed by atoms with Crippen LogP contribution in [0.3, 0.4) is 0 Å². The van der Waals surface area contributed by atoms with Crippen LogP contribution in [0.5, 0.6) is 0 Å². The second-order valence-electron chi connectivity index (χ2n) is 3.72. The smallest absolute Gasteiger partial charge is 0.0129 e. The van der Waals surface area contributed by atoms with Crippen LogP contribution in [-0.2, 0) is 0 Å². The van der Waals surface area contributed by atoms with E-state index in [2.05, 4.69) is 50.3 Å². The molecule has 0 atom stereocenters. The fourth-order valence-corrected chi connectivity index (χ4v) is 1.60. The highest BCUT2D eigenvalue weighted by Gasteiger charge is 1.92. The fraction of sp³-hybridized carbons (Fsp3) is 0.231. The molecule has 66 valence electrons. The van der Waals surface area contributed by atoms with Gasteiger partial charge in [-0.1, -0.05) is 47.6 Å². The van der Waals surface area contributed by atoms with Crippen molar-refractivity contribution < 1.29 is 0 Å². The number of hydrogen-bond acceptors (Lipinski definition) is 0. The third kappa shape index (κ3) is 1.72. The summed E-state index contributed by atoms with van der Waals surface area (Å²) in [6, 6.07) is 6.61. The van der Waals surface area contributed by atoms with E-state index in [1.54, 1.807) is 0 Å². The second-order valence-corrected chi connectivity index (χ2v) is 3.72. The second kappa shape index (κ2) is 3.21. The van der Waals surface area contributed by atoms with Gasteiger partial charge in [0.05, 0.1) is 0 Å². The number of aryl methyl sites for hydroxylation is 1. The van der Waals surface area contributed by atoms with E-state index in [0.717, 1.165) is 6.42 Å². The molecule has 1 aromatic carbocycles. The van der Waals surface area contributed by atoms with E-state index >= 15 is 0 Å². The molecule has 1 aromatic rings. The zero-order valence-electron chi connectivity index (χ0n) is 8.17. The minimum Gasteiger partial charge on any atom is -0.0726 e. The number of hydrogen-bond donors (Lipinski definition) is 0. The number of benzene rings is 1. The predicted molar refractivity (Wildman–Crippen MR) is 57.7 cm³/mol.